The van der Waals surface area contributed by atoms with Crippen LogP contribution in [0.25, 0.3) is 16.5 Å². The zero-order chi connectivity index (χ0) is 20.4. The lowest BCUT2D eigenvalue weighted by Crippen LogP contribution is -2.12. The summed E-state index contributed by atoms with van der Waals surface area (Å²) in [6, 6.07) is 5.26. The number of rotatable bonds is 6. The minimum absolute atomic E-state index is 0.0638. The van der Waals surface area contributed by atoms with Crippen LogP contribution in [0.4, 0.5) is 4.39 Å². The van der Waals surface area contributed by atoms with E-state index in [9.17, 15) is 9.18 Å². The van der Waals surface area contributed by atoms with Crippen LogP contribution < -0.4 is 4.74 Å². The van der Waals surface area contributed by atoms with Gasteiger partial charge in [-0.25, -0.2) is 4.98 Å². The Labute approximate surface area is 171 Å². The summed E-state index contributed by atoms with van der Waals surface area (Å²) in [5, 5.41) is 10.3. The molecule has 1 atom stereocenters. The summed E-state index contributed by atoms with van der Waals surface area (Å²) in [6.07, 6.45) is 6.72. The second-order valence-electron chi connectivity index (χ2n) is 6.97. The molecule has 1 aliphatic carbocycles. The SMILES string of the molecule is O=C(O)CC1CC=C(c2ncc(F)c(OCc3ccc(Cl)c4ccoc34)n2)CC1. The van der Waals surface area contributed by atoms with Crippen molar-refractivity contribution in [3.63, 3.8) is 0 Å². The van der Waals surface area contributed by atoms with Gasteiger partial charge in [0.15, 0.2) is 5.82 Å². The highest BCUT2D eigenvalue weighted by Crippen LogP contribution is 2.32. The second-order valence-corrected chi connectivity index (χ2v) is 7.38. The van der Waals surface area contributed by atoms with Crippen LogP contribution in [-0.2, 0) is 11.4 Å². The van der Waals surface area contributed by atoms with E-state index in [0.29, 0.717) is 29.3 Å². The summed E-state index contributed by atoms with van der Waals surface area (Å²) in [7, 11) is 0. The molecule has 3 aromatic rings. The molecule has 0 saturated heterocycles. The number of carboxylic acid groups (broad SMARTS) is 1. The number of hydrogen-bond acceptors (Lipinski definition) is 5. The molecule has 2 aromatic heterocycles. The molecule has 1 aromatic carbocycles. The highest BCUT2D eigenvalue weighted by atomic mass is 35.5. The molecule has 0 radical (unpaired) electrons. The van der Waals surface area contributed by atoms with Crippen LogP contribution >= 0.6 is 11.6 Å². The number of allylic oxidation sites excluding steroid dienone is 2. The van der Waals surface area contributed by atoms with Crippen molar-refractivity contribution in [2.45, 2.75) is 32.3 Å². The quantitative estimate of drug-likeness (QED) is 0.590. The summed E-state index contributed by atoms with van der Waals surface area (Å²) in [6.45, 7) is 0.0638. The zero-order valence-electron chi connectivity index (χ0n) is 15.4. The normalized spacial score (nSPS) is 16.6. The average molecular weight is 417 g/mol. The number of nitrogens with zero attached hydrogens (tertiary/aromatic N) is 2. The molecule has 4 rings (SSSR count). The molecule has 0 fully saturated rings. The molecule has 6 nitrogen and oxygen atoms in total. The minimum atomic E-state index is -0.798. The number of carbonyl (C=O) groups is 1. The lowest BCUT2D eigenvalue weighted by atomic mass is 9.87. The molecule has 1 N–H and O–H groups in total. The summed E-state index contributed by atoms with van der Waals surface area (Å²) in [5.41, 5.74) is 2.19. The van der Waals surface area contributed by atoms with Gasteiger partial charge in [-0.3, -0.25) is 4.79 Å². The Bertz CT molecular complexity index is 1100. The lowest BCUT2D eigenvalue weighted by molar-refractivity contribution is -0.138. The molecule has 0 spiro atoms. The molecule has 0 amide bonds. The van der Waals surface area contributed by atoms with E-state index < -0.39 is 11.8 Å². The smallest absolute Gasteiger partial charge is 0.303 e. The number of hydrogen-bond donors (Lipinski definition) is 1. The fourth-order valence-corrected chi connectivity index (χ4v) is 3.69. The Hall–Kier alpha value is -2.93. The predicted octanol–water partition coefficient (Wildman–Crippen LogP) is 5.25. The maximum Gasteiger partial charge on any atom is 0.303 e. The summed E-state index contributed by atoms with van der Waals surface area (Å²) in [5.74, 6) is -1.09. The van der Waals surface area contributed by atoms with Gasteiger partial charge in [-0.05, 0) is 42.9 Å². The number of furan rings is 1. The zero-order valence-corrected chi connectivity index (χ0v) is 16.2. The fraction of sp³-hybridized carbons (Fsp3) is 0.286. The molecule has 1 unspecified atom stereocenters. The molecule has 8 heteroatoms. The van der Waals surface area contributed by atoms with Gasteiger partial charge in [-0.2, -0.15) is 9.37 Å². The lowest BCUT2D eigenvalue weighted by Gasteiger charge is -2.19. The maximum absolute atomic E-state index is 14.2. The van der Waals surface area contributed by atoms with Gasteiger partial charge in [0.2, 0.25) is 5.82 Å². The van der Waals surface area contributed by atoms with Crippen LogP contribution in [0.1, 0.15) is 37.1 Å². The number of ether oxygens (including phenoxy) is 1. The minimum Gasteiger partial charge on any atom is -0.481 e. The first kappa shape index (κ1) is 19.4. The molecule has 1 aliphatic rings. The van der Waals surface area contributed by atoms with Crippen LogP contribution in [0, 0.1) is 11.7 Å². The molecule has 150 valence electrons. The van der Waals surface area contributed by atoms with Crippen LogP contribution in [0.2, 0.25) is 5.02 Å². The number of carboxylic acids is 1. The van der Waals surface area contributed by atoms with E-state index in [1.807, 2.05) is 6.08 Å². The number of aromatic nitrogens is 2. The molecule has 2 heterocycles. The van der Waals surface area contributed by atoms with Gasteiger partial charge in [0.05, 0.1) is 17.5 Å². The van der Waals surface area contributed by atoms with Crippen molar-refractivity contribution in [2.75, 3.05) is 0 Å². The van der Waals surface area contributed by atoms with Gasteiger partial charge < -0.3 is 14.3 Å². The van der Waals surface area contributed by atoms with E-state index in [4.69, 9.17) is 25.9 Å². The first-order valence-electron chi connectivity index (χ1n) is 9.22. The predicted molar refractivity (Wildman–Crippen MR) is 105 cm³/mol. The third-order valence-corrected chi connectivity index (χ3v) is 5.32. The molecule has 0 saturated carbocycles. The largest absolute Gasteiger partial charge is 0.481 e. The third-order valence-electron chi connectivity index (χ3n) is 4.99. The topological polar surface area (TPSA) is 85.5 Å². The highest BCUT2D eigenvalue weighted by Gasteiger charge is 2.20. The van der Waals surface area contributed by atoms with Crippen molar-refractivity contribution in [2.24, 2.45) is 5.92 Å². The van der Waals surface area contributed by atoms with Gasteiger partial charge in [-0.15, -0.1) is 0 Å². The average Bonchev–Trinajstić information content (AvgIpc) is 3.20. The molecule has 0 bridgehead atoms. The van der Waals surface area contributed by atoms with E-state index in [2.05, 4.69) is 9.97 Å². The van der Waals surface area contributed by atoms with Crippen LogP contribution in [0.3, 0.4) is 0 Å². The Balaban J connectivity index is 1.50. The standard InChI is InChI=1S/C21H18ClFN2O4/c22-16-6-5-14(19-15(16)7-8-28-19)11-29-21-17(23)10-24-20(25-21)13-3-1-12(2-4-13)9-18(26)27/h3,5-8,10,12H,1-2,4,9,11H2,(H,26,27). The van der Waals surface area contributed by atoms with Crippen molar-refractivity contribution in [3.05, 3.63) is 59.0 Å². The number of fused-ring (bicyclic) bond motifs is 1. The number of halogens is 2. The van der Waals surface area contributed by atoms with Crippen LogP contribution in [0.15, 0.2) is 41.2 Å². The van der Waals surface area contributed by atoms with E-state index in [1.54, 1.807) is 18.2 Å². The monoisotopic (exact) mass is 416 g/mol. The molecular weight excluding hydrogens is 399 g/mol. The first-order valence-corrected chi connectivity index (χ1v) is 9.60. The van der Waals surface area contributed by atoms with Crippen molar-refractivity contribution in [1.82, 2.24) is 9.97 Å². The molecule has 29 heavy (non-hydrogen) atoms. The highest BCUT2D eigenvalue weighted by molar-refractivity contribution is 6.35. The Morgan fingerprint density at radius 1 is 1.38 bits per heavy atom. The first-order chi connectivity index (χ1) is 14.0. The van der Waals surface area contributed by atoms with Crippen molar-refractivity contribution < 1.29 is 23.4 Å². The van der Waals surface area contributed by atoms with Crippen molar-refractivity contribution in [3.8, 4) is 5.88 Å². The fourth-order valence-electron chi connectivity index (χ4n) is 3.48. The Morgan fingerprint density at radius 3 is 3.00 bits per heavy atom. The van der Waals surface area contributed by atoms with E-state index in [-0.39, 0.29) is 24.8 Å². The van der Waals surface area contributed by atoms with Crippen LogP contribution in [0.5, 0.6) is 5.88 Å². The van der Waals surface area contributed by atoms with E-state index >= 15 is 0 Å². The van der Waals surface area contributed by atoms with Gasteiger partial charge in [0.25, 0.3) is 5.88 Å². The number of benzene rings is 1. The summed E-state index contributed by atoms with van der Waals surface area (Å²) >= 11 is 6.14. The third kappa shape index (κ3) is 4.24. The van der Waals surface area contributed by atoms with Crippen molar-refractivity contribution in [1.29, 1.82) is 0 Å². The second kappa shape index (κ2) is 8.21. The van der Waals surface area contributed by atoms with Crippen LogP contribution in [-0.4, -0.2) is 21.0 Å². The Morgan fingerprint density at radius 2 is 2.24 bits per heavy atom. The van der Waals surface area contributed by atoms with Gasteiger partial charge in [-0.1, -0.05) is 23.7 Å². The molecule has 0 aliphatic heterocycles. The van der Waals surface area contributed by atoms with Gasteiger partial charge in [0, 0.05) is 17.4 Å². The van der Waals surface area contributed by atoms with Gasteiger partial charge >= 0.3 is 5.97 Å². The van der Waals surface area contributed by atoms with E-state index in [0.717, 1.165) is 29.1 Å². The maximum atomic E-state index is 14.2. The molecular formula is C21H18ClFN2O4. The number of aliphatic carboxylic acids is 1. The summed E-state index contributed by atoms with van der Waals surface area (Å²) < 4.78 is 25.3. The van der Waals surface area contributed by atoms with Gasteiger partial charge in [0.1, 0.15) is 12.2 Å². The van der Waals surface area contributed by atoms with Crippen molar-refractivity contribution >= 4 is 34.1 Å². The summed E-state index contributed by atoms with van der Waals surface area (Å²) in [4.78, 5) is 19.2. The Kier molecular flexibility index (Phi) is 5.49. The van der Waals surface area contributed by atoms with E-state index in [1.165, 1.54) is 6.26 Å².